The first-order chi connectivity index (χ1) is 39.8. The minimum atomic E-state index is 0. The van der Waals surface area contributed by atoms with E-state index in [0.29, 0.717) is 10.8 Å². The van der Waals surface area contributed by atoms with E-state index in [1.165, 1.54) is 123 Å². The molecule has 0 N–H and O–H groups in total. The maximum atomic E-state index is 2.48. The molecule has 0 aliphatic heterocycles. The second kappa shape index (κ2) is 24.3. The van der Waals surface area contributed by atoms with Crippen LogP contribution in [-0.4, -0.2) is 0 Å². The summed E-state index contributed by atoms with van der Waals surface area (Å²) in [5.74, 6) is 1.47. The van der Waals surface area contributed by atoms with Gasteiger partial charge in [-0.2, -0.15) is 0 Å². The topological polar surface area (TPSA) is 0 Å². The Balaban J connectivity index is 0.000000117. The van der Waals surface area contributed by atoms with Crippen molar-refractivity contribution in [1.82, 2.24) is 0 Å². The monoisotopic (exact) mass is 1090 g/mol. The van der Waals surface area contributed by atoms with Crippen LogP contribution < -0.4 is 10.4 Å². The van der Waals surface area contributed by atoms with Crippen molar-refractivity contribution in [3.05, 3.63) is 277 Å². The van der Waals surface area contributed by atoms with Gasteiger partial charge in [-0.25, -0.2) is 0 Å². The van der Waals surface area contributed by atoms with Crippen LogP contribution in [0.1, 0.15) is 139 Å². The number of hydrogen-bond acceptors (Lipinski definition) is 0. The van der Waals surface area contributed by atoms with Gasteiger partial charge in [0.1, 0.15) is 0 Å². The van der Waals surface area contributed by atoms with Gasteiger partial charge in [-0.1, -0.05) is 273 Å². The standard InChI is InChI=1S/C20H18.2C18H14.C17H12.4C2H6.Ar/c1-13-6-7-16-10-15-4-2-3-5-18(15)20-12-17(20)9-8-14(13)11-19(16)20;1-11-6-8-15-14-4-2-3-5-16(14)18-10-12(18)7-9-13(11)17(15)18;1-12-6-4-10-16-14-7-2-3-8-15(14)17-11-5-9-13(12)18(16)17;1-11-9-10-16-14-6-3-2-5-13(14)15-8-4-7-12(11)17(15)16;4*1-2;/h2-9,17H,10-12H2,1H3;2-9,12H,10H2,1H3;2-5,7-11H,6H2,1H3;2-10H,1H3;4*1-2H3;. The molecule has 0 saturated heterocycles. The molecular formula is C81H82Ar. The Morgan fingerprint density at radius 1 is 0.415 bits per heavy atom. The van der Waals surface area contributed by atoms with Crippen molar-refractivity contribution < 1.29 is 37.7 Å². The van der Waals surface area contributed by atoms with Crippen molar-refractivity contribution >= 4 is 28.0 Å². The Morgan fingerprint density at radius 2 is 0.976 bits per heavy atom. The Bertz CT molecular complexity index is 4090. The molecule has 2 bridgehead atoms. The number of hydrogen-bond donors (Lipinski definition) is 0. The van der Waals surface area contributed by atoms with Crippen LogP contribution in [0.5, 0.6) is 0 Å². The zero-order valence-corrected chi connectivity index (χ0v) is 51.4. The SMILES string of the molecule is CC.CC.CC.CC.CC1=C2C=CC3CC34C(=C(C=C1)Cc1ccccc14)C2.CC1=c2cccc3c2=C(C=CC1)c1ccccc1-3.Cc1ccc2c3c(cccc13)-c1ccccc1-2.Cc1ccc2c3c1C=CC1CC31c1ccccc1-2.[Ar]. The van der Waals surface area contributed by atoms with Gasteiger partial charge in [0.2, 0.25) is 0 Å². The molecule has 82 heavy (non-hydrogen) atoms. The Morgan fingerprint density at radius 3 is 1.72 bits per heavy atom. The van der Waals surface area contributed by atoms with Gasteiger partial charge in [-0.3, -0.25) is 0 Å². The molecule has 0 amide bonds. The summed E-state index contributed by atoms with van der Waals surface area (Å²) in [5, 5.41) is 5.67. The molecule has 10 aliphatic rings. The van der Waals surface area contributed by atoms with Gasteiger partial charge in [0.15, 0.2) is 0 Å². The minimum absolute atomic E-state index is 0. The summed E-state index contributed by atoms with van der Waals surface area (Å²) < 4.78 is 0. The summed E-state index contributed by atoms with van der Waals surface area (Å²) in [6.45, 7) is 24.9. The number of aryl methyl sites for hydroxylation is 2. The van der Waals surface area contributed by atoms with Crippen LogP contribution in [0, 0.1) is 63.4 Å². The van der Waals surface area contributed by atoms with Gasteiger partial charge in [0.05, 0.1) is 0 Å². The van der Waals surface area contributed by atoms with E-state index < -0.39 is 0 Å². The first kappa shape index (κ1) is 58.6. The second-order valence-electron chi connectivity index (χ2n) is 22.4. The molecule has 4 atom stereocenters. The van der Waals surface area contributed by atoms with Gasteiger partial charge >= 0.3 is 0 Å². The largest absolute Gasteiger partial charge is 0.0799 e. The van der Waals surface area contributed by atoms with Gasteiger partial charge in [0, 0.05) is 48.6 Å². The van der Waals surface area contributed by atoms with E-state index in [-0.39, 0.29) is 37.7 Å². The van der Waals surface area contributed by atoms with Gasteiger partial charge in [-0.05, 0) is 204 Å². The number of benzene rings is 8. The van der Waals surface area contributed by atoms with E-state index in [4.69, 9.17) is 0 Å². The molecule has 10 aliphatic carbocycles. The number of rotatable bonds is 0. The smallest absolute Gasteiger partial charge is 0.0290 e. The van der Waals surface area contributed by atoms with Crippen molar-refractivity contribution in [2.75, 3.05) is 0 Å². The van der Waals surface area contributed by atoms with Gasteiger partial charge in [-0.15, -0.1) is 0 Å². The fraction of sp³-hybridized carbons (Fsp3) is 0.259. The van der Waals surface area contributed by atoms with Crippen molar-refractivity contribution in [2.24, 2.45) is 11.8 Å². The fourth-order valence-electron chi connectivity index (χ4n) is 14.9. The van der Waals surface area contributed by atoms with Crippen LogP contribution >= 0.6 is 0 Å². The molecule has 18 rings (SSSR count). The maximum absolute atomic E-state index is 2.48. The molecule has 2 fully saturated rings. The Labute approximate surface area is 521 Å². The van der Waals surface area contributed by atoms with E-state index >= 15 is 0 Å². The van der Waals surface area contributed by atoms with Crippen molar-refractivity contribution in [1.29, 1.82) is 0 Å². The number of fused-ring (bicyclic) bond motifs is 10. The van der Waals surface area contributed by atoms with Crippen LogP contribution in [0.25, 0.3) is 72.5 Å². The van der Waals surface area contributed by atoms with Gasteiger partial charge < -0.3 is 0 Å². The maximum Gasteiger partial charge on any atom is 0.0290 e. The quantitative estimate of drug-likeness (QED) is 0.142. The minimum Gasteiger partial charge on any atom is -0.0799 e. The molecule has 0 heterocycles. The molecule has 0 nitrogen and oxygen atoms in total. The molecule has 1 heteroatoms. The van der Waals surface area contributed by atoms with Crippen LogP contribution in [0.15, 0.2) is 223 Å². The molecular weight excluding hydrogens is 1010 g/mol. The van der Waals surface area contributed by atoms with E-state index in [1.54, 1.807) is 33.4 Å². The van der Waals surface area contributed by atoms with Crippen molar-refractivity contribution in [3.8, 4) is 44.5 Å². The van der Waals surface area contributed by atoms with Crippen molar-refractivity contribution in [3.63, 3.8) is 0 Å². The normalized spacial score (nSPS) is 20.3. The third-order valence-corrected chi connectivity index (χ3v) is 18.7. The zero-order valence-electron chi connectivity index (χ0n) is 50.7. The zero-order chi connectivity index (χ0) is 56.7. The van der Waals surface area contributed by atoms with E-state index in [0.717, 1.165) is 31.1 Å². The fourth-order valence-corrected chi connectivity index (χ4v) is 14.9. The van der Waals surface area contributed by atoms with E-state index in [9.17, 15) is 0 Å². The first-order valence-corrected chi connectivity index (χ1v) is 30.8. The summed E-state index contributed by atoms with van der Waals surface area (Å²) in [5.41, 5.74) is 33.1. The average molecular weight is 1100 g/mol. The summed E-state index contributed by atoms with van der Waals surface area (Å²) in [7, 11) is 0. The first-order valence-electron chi connectivity index (χ1n) is 30.8. The Hall–Kier alpha value is -6.54. The molecule has 2 saturated carbocycles. The van der Waals surface area contributed by atoms with E-state index in [2.05, 4.69) is 234 Å². The third kappa shape index (κ3) is 9.41. The van der Waals surface area contributed by atoms with Crippen LogP contribution in [-0.2, 0) is 17.3 Å². The molecule has 0 radical (unpaired) electrons. The van der Waals surface area contributed by atoms with Crippen LogP contribution in [0.4, 0.5) is 0 Å². The van der Waals surface area contributed by atoms with E-state index in [1.807, 2.05) is 55.4 Å². The molecule has 8 aromatic carbocycles. The summed E-state index contributed by atoms with van der Waals surface area (Å²) in [6, 6.07) is 57.9. The van der Waals surface area contributed by atoms with Gasteiger partial charge in [0.25, 0.3) is 0 Å². The number of allylic oxidation sites excluding steroid dienone is 11. The average Bonchev–Trinajstić information content (AvgIpc) is 1.74. The molecule has 4 unspecified atom stereocenters. The summed E-state index contributed by atoms with van der Waals surface area (Å²) in [4.78, 5) is 0. The third-order valence-electron chi connectivity index (χ3n) is 18.7. The van der Waals surface area contributed by atoms with Crippen LogP contribution in [0.2, 0.25) is 0 Å². The Kier molecular flexibility index (Phi) is 17.4. The second-order valence-corrected chi connectivity index (χ2v) is 22.4. The van der Waals surface area contributed by atoms with Crippen LogP contribution in [0.3, 0.4) is 0 Å². The molecule has 0 aromatic heterocycles. The van der Waals surface area contributed by atoms with Crippen molar-refractivity contribution in [2.45, 2.75) is 126 Å². The predicted molar refractivity (Wildman–Crippen MR) is 352 cm³/mol. The predicted octanol–water partition coefficient (Wildman–Crippen LogP) is 20.8. The summed E-state index contributed by atoms with van der Waals surface area (Å²) in [6.07, 6.45) is 24.9. The molecule has 2 spiro atoms. The molecule has 8 aromatic rings. The molecule has 414 valence electrons. The summed E-state index contributed by atoms with van der Waals surface area (Å²) >= 11 is 0.